The van der Waals surface area contributed by atoms with Crippen LogP contribution in [0.1, 0.15) is 18.1 Å². The van der Waals surface area contributed by atoms with Crippen LogP contribution in [-0.2, 0) is 20.0 Å². The minimum atomic E-state index is -3.02. The number of primary amides is 1. The van der Waals surface area contributed by atoms with Crippen LogP contribution in [0.2, 0.25) is 0 Å². The van der Waals surface area contributed by atoms with Gasteiger partial charge in [0.05, 0.1) is 40.7 Å². The highest BCUT2D eigenvalue weighted by Crippen LogP contribution is 2.57. The van der Waals surface area contributed by atoms with E-state index < -0.39 is 81.1 Å². The van der Waals surface area contributed by atoms with Crippen molar-refractivity contribution in [2.75, 3.05) is 14.1 Å². The molecule has 1 aromatic carbocycles. The lowest BCUT2D eigenvalue weighted by molar-refractivity contribution is -0.181. The number of phenols is 1. The van der Waals surface area contributed by atoms with Crippen LogP contribution in [-0.4, -0.2) is 84.9 Å². The summed E-state index contributed by atoms with van der Waals surface area (Å²) in [5.41, 5.74) is -1.78. The molecule has 3 aliphatic rings. The van der Waals surface area contributed by atoms with Crippen molar-refractivity contribution in [3.05, 3.63) is 46.2 Å². The topological polar surface area (TPSA) is 202 Å². The number of benzene rings is 1. The van der Waals surface area contributed by atoms with Gasteiger partial charge in [0, 0.05) is 0 Å². The molecule has 0 spiro atoms. The number of aromatic hydroxyl groups is 1. The third kappa shape index (κ3) is 2.88. The van der Waals surface area contributed by atoms with Crippen molar-refractivity contribution >= 4 is 35.6 Å². The SMILES string of the molecule is CN(C)[C@@H]1C(=O)C(C(N)=O)=C(O)[C@@]2(O)C(=O)C3=C(O)c4c(O)cccc4[C@](C)(O)[C@H]3[C@H](O)[C@@H]12.Cl. The van der Waals surface area contributed by atoms with Crippen LogP contribution in [0.4, 0.5) is 0 Å². The molecule has 1 aromatic rings. The maximum atomic E-state index is 13.7. The van der Waals surface area contributed by atoms with Gasteiger partial charge in [0.1, 0.15) is 22.8 Å². The fourth-order valence-electron chi connectivity index (χ4n) is 5.60. The summed E-state index contributed by atoms with van der Waals surface area (Å²) < 4.78 is 0. The summed E-state index contributed by atoms with van der Waals surface area (Å²) in [6, 6.07) is 2.50. The number of carbonyl (C=O) groups excluding carboxylic acids is 3. The van der Waals surface area contributed by atoms with Gasteiger partial charge in [-0.3, -0.25) is 19.3 Å². The number of phenolic OH excluding ortho intramolecular Hbond substituents is 1. The fourth-order valence-corrected chi connectivity index (χ4v) is 5.60. The Labute approximate surface area is 199 Å². The average molecular weight is 497 g/mol. The number of aliphatic hydroxyl groups excluding tert-OH is 3. The van der Waals surface area contributed by atoms with E-state index in [2.05, 4.69) is 0 Å². The predicted octanol–water partition coefficient (Wildman–Crippen LogP) is -0.978. The number of aliphatic hydroxyl groups is 5. The number of likely N-dealkylation sites (N-methyl/N-ethyl adjacent to an activating group) is 1. The molecule has 0 unspecified atom stereocenters. The van der Waals surface area contributed by atoms with Crippen molar-refractivity contribution in [1.29, 1.82) is 0 Å². The van der Waals surface area contributed by atoms with Crippen molar-refractivity contribution in [1.82, 2.24) is 4.90 Å². The van der Waals surface area contributed by atoms with E-state index in [9.17, 15) is 45.0 Å². The summed E-state index contributed by atoms with van der Waals surface area (Å²) in [6.07, 6.45) is -1.87. The monoisotopic (exact) mass is 496 g/mol. The van der Waals surface area contributed by atoms with E-state index in [0.717, 1.165) is 0 Å². The van der Waals surface area contributed by atoms with Gasteiger partial charge in [-0.25, -0.2) is 0 Å². The number of fused-ring (bicyclic) bond motifs is 3. The third-order valence-electron chi connectivity index (χ3n) is 7.03. The number of nitrogens with zero attached hydrogens (tertiary/aromatic N) is 1. The first-order chi connectivity index (χ1) is 15.2. The van der Waals surface area contributed by atoms with Crippen LogP contribution >= 0.6 is 12.4 Å². The minimum absolute atomic E-state index is 0. The number of Topliss-reactive ketones (excluding diaryl/α,β-unsaturated/α-hetero) is 2. The zero-order chi connectivity index (χ0) is 24.8. The van der Waals surface area contributed by atoms with Gasteiger partial charge in [-0.2, -0.15) is 0 Å². The number of ketones is 2. The Balaban J connectivity index is 0.00000324. The van der Waals surface area contributed by atoms with E-state index in [4.69, 9.17) is 5.73 Å². The molecule has 8 N–H and O–H groups in total. The lowest BCUT2D eigenvalue weighted by atomic mass is 9.53. The number of halogens is 1. The number of nitrogens with two attached hydrogens (primary N) is 1. The van der Waals surface area contributed by atoms with E-state index in [1.54, 1.807) is 0 Å². The number of hydrogen-bond acceptors (Lipinski definition) is 10. The first kappa shape index (κ1) is 25.7. The Kier molecular flexibility index (Phi) is 5.88. The minimum Gasteiger partial charge on any atom is -0.508 e. The van der Waals surface area contributed by atoms with Gasteiger partial charge in [-0.1, -0.05) is 12.1 Å². The van der Waals surface area contributed by atoms with Crippen molar-refractivity contribution in [3.63, 3.8) is 0 Å². The Bertz CT molecular complexity index is 1190. The molecule has 1 amide bonds. The Morgan fingerprint density at radius 3 is 2.24 bits per heavy atom. The highest BCUT2D eigenvalue weighted by Gasteiger charge is 2.70. The zero-order valence-corrected chi connectivity index (χ0v) is 19.2. The van der Waals surface area contributed by atoms with Gasteiger partial charge < -0.3 is 36.4 Å². The average Bonchev–Trinajstić information content (AvgIpc) is 2.70. The van der Waals surface area contributed by atoms with Crippen LogP contribution < -0.4 is 5.73 Å². The predicted molar refractivity (Wildman–Crippen MR) is 119 cm³/mol. The molecular formula is C22H25ClN2O9. The molecule has 12 heteroatoms. The van der Waals surface area contributed by atoms with Gasteiger partial charge in [0.25, 0.3) is 5.91 Å². The van der Waals surface area contributed by atoms with Crippen molar-refractivity contribution in [3.8, 4) is 5.75 Å². The molecule has 4 rings (SSSR count). The smallest absolute Gasteiger partial charge is 0.255 e. The Hall–Kier alpha value is -2.96. The van der Waals surface area contributed by atoms with E-state index in [1.807, 2.05) is 0 Å². The quantitative estimate of drug-likeness (QED) is 0.249. The number of amides is 1. The molecule has 34 heavy (non-hydrogen) atoms. The van der Waals surface area contributed by atoms with Crippen LogP contribution in [0.25, 0.3) is 5.76 Å². The molecule has 11 nitrogen and oxygen atoms in total. The highest BCUT2D eigenvalue weighted by molar-refractivity contribution is 6.24. The van der Waals surface area contributed by atoms with E-state index in [0.29, 0.717) is 0 Å². The summed E-state index contributed by atoms with van der Waals surface area (Å²) in [5, 5.41) is 66.3. The summed E-state index contributed by atoms with van der Waals surface area (Å²) in [5.74, 6) is -9.67. The van der Waals surface area contributed by atoms with Crippen LogP contribution in [0.5, 0.6) is 5.75 Å². The van der Waals surface area contributed by atoms with Crippen LogP contribution in [0.3, 0.4) is 0 Å². The summed E-state index contributed by atoms with van der Waals surface area (Å²) in [4.78, 5) is 39.9. The largest absolute Gasteiger partial charge is 0.508 e. The van der Waals surface area contributed by atoms with Gasteiger partial charge in [-0.05, 0) is 32.6 Å². The van der Waals surface area contributed by atoms with E-state index in [-0.39, 0.29) is 23.5 Å². The zero-order valence-electron chi connectivity index (χ0n) is 18.4. The molecule has 6 atom stereocenters. The summed E-state index contributed by atoms with van der Waals surface area (Å²) in [7, 11) is 2.80. The van der Waals surface area contributed by atoms with Gasteiger partial charge >= 0.3 is 0 Å². The lowest BCUT2D eigenvalue weighted by Gasteiger charge is -2.55. The molecule has 0 bridgehead atoms. The lowest BCUT2D eigenvalue weighted by Crippen LogP contribution is -2.71. The third-order valence-corrected chi connectivity index (χ3v) is 7.03. The van der Waals surface area contributed by atoms with Gasteiger partial charge in [-0.15, -0.1) is 12.4 Å². The van der Waals surface area contributed by atoms with Crippen molar-refractivity contribution < 1.29 is 45.0 Å². The molecule has 0 saturated heterocycles. The molecular weight excluding hydrogens is 472 g/mol. The number of hydrogen-bond donors (Lipinski definition) is 7. The molecule has 184 valence electrons. The first-order valence-electron chi connectivity index (χ1n) is 10.1. The van der Waals surface area contributed by atoms with Crippen molar-refractivity contribution in [2.45, 2.75) is 30.3 Å². The second-order valence-corrected chi connectivity index (χ2v) is 9.06. The van der Waals surface area contributed by atoms with Gasteiger partial charge in [0.15, 0.2) is 11.4 Å². The van der Waals surface area contributed by atoms with E-state index >= 15 is 0 Å². The maximum absolute atomic E-state index is 13.7. The van der Waals surface area contributed by atoms with Gasteiger partial charge in [0.2, 0.25) is 5.78 Å². The molecule has 3 aliphatic carbocycles. The Morgan fingerprint density at radius 1 is 1.12 bits per heavy atom. The Morgan fingerprint density at radius 2 is 1.71 bits per heavy atom. The standard InChI is InChI=1S/C22H24N2O9.ClH/c1-21(32)7-5-4-6-8(25)9(7)15(26)10-12(21)17(28)13-14(24(2)3)16(27)11(20(23)31)19(30)22(13,33)18(10)29;/h4-6,12-14,17,25-26,28,30,32-33H,1-3H3,(H2,23,31);1H/t12-,13-,14+,17+,21+,22+;/m1./s1. The molecule has 1 fully saturated rings. The molecule has 0 aromatic heterocycles. The van der Waals surface area contributed by atoms with Crippen LogP contribution in [0, 0.1) is 11.8 Å². The summed E-state index contributed by atoms with van der Waals surface area (Å²) in [6.45, 7) is 1.25. The number of rotatable bonds is 2. The maximum Gasteiger partial charge on any atom is 0.255 e. The number of carbonyl (C=O) groups is 3. The highest BCUT2D eigenvalue weighted by atomic mass is 35.5. The fraction of sp³-hybridized carbons (Fsp3) is 0.409. The summed E-state index contributed by atoms with van der Waals surface area (Å²) >= 11 is 0. The molecule has 0 radical (unpaired) electrons. The molecule has 0 heterocycles. The normalized spacial score (nSPS) is 34.9. The second kappa shape index (κ2) is 7.79. The van der Waals surface area contributed by atoms with E-state index in [1.165, 1.54) is 44.1 Å². The first-order valence-corrected chi connectivity index (χ1v) is 10.1. The molecule has 0 aliphatic heterocycles. The van der Waals surface area contributed by atoms with Crippen molar-refractivity contribution in [2.24, 2.45) is 17.6 Å². The van der Waals surface area contributed by atoms with Crippen LogP contribution in [0.15, 0.2) is 35.1 Å². The second-order valence-electron chi connectivity index (χ2n) is 9.06. The molecule has 1 saturated carbocycles.